The van der Waals surface area contributed by atoms with E-state index >= 15 is 0 Å². The molecule has 0 bridgehead atoms. The van der Waals surface area contributed by atoms with E-state index < -0.39 is 0 Å². The molecular weight excluding hydrogens is 330 g/mol. The molecule has 1 aromatic carbocycles. The third kappa shape index (κ3) is 5.44. The zero-order valence-electron chi connectivity index (χ0n) is 14.0. The summed E-state index contributed by atoms with van der Waals surface area (Å²) in [4.78, 5) is 12.2. The summed E-state index contributed by atoms with van der Waals surface area (Å²) in [7, 11) is 0. The molecule has 3 N–H and O–H groups in total. The van der Waals surface area contributed by atoms with Crippen LogP contribution in [0.25, 0.3) is 0 Å². The van der Waals surface area contributed by atoms with Gasteiger partial charge in [0.15, 0.2) is 5.11 Å². The van der Waals surface area contributed by atoms with E-state index in [1.54, 1.807) is 24.3 Å². The SMILES string of the molecule is CC1(C)CC(NC(=S)NC(=O)c2ccc(Cl)cc2)CC(C)(C)N1. The number of thiocarbonyl (C=S) groups is 1. The van der Waals surface area contributed by atoms with Crippen LogP contribution in [0, 0.1) is 0 Å². The van der Waals surface area contributed by atoms with Crippen molar-refractivity contribution < 1.29 is 4.79 Å². The average molecular weight is 354 g/mol. The maximum absolute atomic E-state index is 12.2. The van der Waals surface area contributed by atoms with E-state index in [0.29, 0.717) is 15.7 Å². The molecule has 126 valence electrons. The fourth-order valence-electron chi connectivity index (χ4n) is 3.42. The second-order valence-corrected chi connectivity index (χ2v) is 8.28. The Morgan fingerprint density at radius 1 is 1.17 bits per heavy atom. The van der Waals surface area contributed by atoms with Crippen LogP contribution in [-0.4, -0.2) is 28.1 Å². The van der Waals surface area contributed by atoms with Crippen molar-refractivity contribution in [1.82, 2.24) is 16.0 Å². The number of benzene rings is 1. The van der Waals surface area contributed by atoms with Gasteiger partial charge in [0.1, 0.15) is 0 Å². The van der Waals surface area contributed by atoms with E-state index in [2.05, 4.69) is 43.6 Å². The molecule has 23 heavy (non-hydrogen) atoms. The van der Waals surface area contributed by atoms with Gasteiger partial charge in [0.05, 0.1) is 0 Å². The molecule has 0 aromatic heterocycles. The number of rotatable bonds is 2. The van der Waals surface area contributed by atoms with E-state index in [9.17, 15) is 4.79 Å². The molecule has 0 aliphatic carbocycles. The van der Waals surface area contributed by atoms with Gasteiger partial charge in [-0.15, -0.1) is 0 Å². The molecule has 0 radical (unpaired) electrons. The highest BCUT2D eigenvalue weighted by molar-refractivity contribution is 7.80. The lowest BCUT2D eigenvalue weighted by Gasteiger charge is -2.46. The zero-order chi connectivity index (χ0) is 17.3. The maximum atomic E-state index is 12.2. The van der Waals surface area contributed by atoms with Crippen molar-refractivity contribution in [1.29, 1.82) is 0 Å². The number of nitrogens with one attached hydrogen (secondary N) is 3. The smallest absolute Gasteiger partial charge is 0.257 e. The zero-order valence-corrected chi connectivity index (χ0v) is 15.6. The van der Waals surface area contributed by atoms with E-state index in [1.165, 1.54) is 0 Å². The third-order valence-electron chi connectivity index (χ3n) is 3.86. The van der Waals surface area contributed by atoms with Gasteiger partial charge in [0.25, 0.3) is 5.91 Å². The first-order chi connectivity index (χ1) is 10.6. The maximum Gasteiger partial charge on any atom is 0.257 e. The van der Waals surface area contributed by atoms with Crippen molar-refractivity contribution in [3.05, 3.63) is 34.9 Å². The predicted molar refractivity (Wildman–Crippen MR) is 99.0 cm³/mol. The predicted octanol–water partition coefficient (Wildman–Crippen LogP) is 3.25. The molecule has 1 aromatic rings. The van der Waals surface area contributed by atoms with Gasteiger partial charge in [-0.3, -0.25) is 10.1 Å². The Kier molecular flexibility index (Phi) is 5.33. The van der Waals surface area contributed by atoms with Crippen molar-refractivity contribution in [3.63, 3.8) is 0 Å². The number of hydrogen-bond acceptors (Lipinski definition) is 3. The minimum absolute atomic E-state index is 0.0230. The van der Waals surface area contributed by atoms with Crippen molar-refractivity contribution in [2.45, 2.75) is 57.7 Å². The van der Waals surface area contributed by atoms with E-state index in [1.807, 2.05) is 0 Å². The molecule has 0 saturated carbocycles. The van der Waals surface area contributed by atoms with Crippen LogP contribution in [0.15, 0.2) is 24.3 Å². The van der Waals surface area contributed by atoms with E-state index in [4.69, 9.17) is 23.8 Å². The number of carbonyl (C=O) groups is 1. The van der Waals surface area contributed by atoms with Crippen LogP contribution >= 0.6 is 23.8 Å². The van der Waals surface area contributed by atoms with Crippen LogP contribution in [0.1, 0.15) is 50.9 Å². The van der Waals surface area contributed by atoms with Crippen molar-refractivity contribution in [2.75, 3.05) is 0 Å². The van der Waals surface area contributed by atoms with Gasteiger partial charge < -0.3 is 10.6 Å². The third-order valence-corrected chi connectivity index (χ3v) is 4.33. The van der Waals surface area contributed by atoms with Gasteiger partial charge in [0, 0.05) is 27.7 Å². The van der Waals surface area contributed by atoms with Gasteiger partial charge in [0.2, 0.25) is 0 Å². The topological polar surface area (TPSA) is 53.2 Å². The van der Waals surface area contributed by atoms with Crippen LogP contribution in [-0.2, 0) is 0 Å². The van der Waals surface area contributed by atoms with Crippen LogP contribution < -0.4 is 16.0 Å². The molecule has 1 aliphatic heterocycles. The minimum atomic E-state index is -0.230. The number of halogens is 1. The molecule has 4 nitrogen and oxygen atoms in total. The highest BCUT2D eigenvalue weighted by Gasteiger charge is 2.37. The molecule has 1 fully saturated rings. The first-order valence-electron chi connectivity index (χ1n) is 7.73. The monoisotopic (exact) mass is 353 g/mol. The molecule has 1 aliphatic rings. The highest BCUT2D eigenvalue weighted by Crippen LogP contribution is 2.28. The number of hydrogen-bond donors (Lipinski definition) is 3. The molecule has 1 heterocycles. The van der Waals surface area contributed by atoms with E-state index in [0.717, 1.165) is 12.8 Å². The number of piperidine rings is 1. The summed E-state index contributed by atoms with van der Waals surface area (Å²) in [6, 6.07) is 6.95. The highest BCUT2D eigenvalue weighted by atomic mass is 35.5. The Hall–Kier alpha value is -1.17. The quantitative estimate of drug-likeness (QED) is 0.714. The van der Waals surface area contributed by atoms with Gasteiger partial charge in [-0.05, 0) is 77.0 Å². The summed E-state index contributed by atoms with van der Waals surface area (Å²) < 4.78 is 0. The van der Waals surface area contributed by atoms with Gasteiger partial charge in [-0.2, -0.15) is 0 Å². The summed E-state index contributed by atoms with van der Waals surface area (Å²) in [5.74, 6) is -0.230. The summed E-state index contributed by atoms with van der Waals surface area (Å²) in [5.41, 5.74) is 0.578. The molecule has 1 amide bonds. The normalized spacial score (nSPS) is 19.9. The lowest BCUT2D eigenvalue weighted by atomic mass is 9.80. The minimum Gasteiger partial charge on any atom is -0.360 e. The van der Waals surface area contributed by atoms with Crippen LogP contribution in [0.2, 0.25) is 5.02 Å². The summed E-state index contributed by atoms with van der Waals surface area (Å²) in [5, 5.41) is 10.6. The standard InChI is InChI=1S/C17H24ClN3OS/c1-16(2)9-13(10-17(3,4)21-16)19-15(23)20-14(22)11-5-7-12(18)8-6-11/h5-8,13,21H,9-10H2,1-4H3,(H2,19,20,22,23). The van der Waals surface area contributed by atoms with Gasteiger partial charge in [-0.1, -0.05) is 11.6 Å². The van der Waals surface area contributed by atoms with Crippen LogP contribution in [0.4, 0.5) is 0 Å². The Balaban J connectivity index is 1.94. The summed E-state index contributed by atoms with van der Waals surface area (Å²) in [6.45, 7) is 8.71. The molecule has 1 saturated heterocycles. The fraction of sp³-hybridized carbons (Fsp3) is 0.529. The largest absolute Gasteiger partial charge is 0.360 e. The van der Waals surface area contributed by atoms with Crippen molar-refractivity contribution >= 4 is 34.8 Å². The summed E-state index contributed by atoms with van der Waals surface area (Å²) in [6.07, 6.45) is 1.88. The Morgan fingerprint density at radius 2 is 1.70 bits per heavy atom. The molecule has 2 rings (SSSR count). The number of carbonyl (C=O) groups excluding carboxylic acids is 1. The van der Waals surface area contributed by atoms with Gasteiger partial charge in [-0.25, -0.2) is 0 Å². The van der Waals surface area contributed by atoms with Crippen molar-refractivity contribution in [2.24, 2.45) is 0 Å². The Bertz CT molecular complexity index is 582. The van der Waals surface area contributed by atoms with E-state index in [-0.39, 0.29) is 23.0 Å². The molecule has 0 spiro atoms. The molecular formula is C17H24ClN3OS. The second kappa shape index (κ2) is 6.75. The Labute approximate surface area is 148 Å². The second-order valence-electron chi connectivity index (χ2n) is 7.43. The van der Waals surface area contributed by atoms with Crippen LogP contribution in [0.3, 0.4) is 0 Å². The summed E-state index contributed by atoms with van der Waals surface area (Å²) >= 11 is 11.1. The lowest BCUT2D eigenvalue weighted by molar-refractivity contribution is 0.0975. The first kappa shape index (κ1) is 18.2. The molecule has 0 unspecified atom stereocenters. The molecule has 0 atom stereocenters. The fourth-order valence-corrected chi connectivity index (χ4v) is 3.81. The average Bonchev–Trinajstić information content (AvgIpc) is 2.34. The van der Waals surface area contributed by atoms with Gasteiger partial charge >= 0.3 is 0 Å². The Morgan fingerprint density at radius 3 is 2.22 bits per heavy atom. The lowest BCUT2D eigenvalue weighted by Crippen LogP contribution is -2.62. The molecule has 6 heteroatoms. The first-order valence-corrected chi connectivity index (χ1v) is 8.52. The number of amides is 1. The van der Waals surface area contributed by atoms with Crippen molar-refractivity contribution in [3.8, 4) is 0 Å². The van der Waals surface area contributed by atoms with Crippen LogP contribution in [0.5, 0.6) is 0 Å².